The molecule has 7 heteroatoms. The molecule has 0 radical (unpaired) electrons. The molecule has 0 bridgehead atoms. The molecule has 1 heterocycles. The lowest BCUT2D eigenvalue weighted by molar-refractivity contribution is -0.283. The van der Waals surface area contributed by atoms with E-state index in [4.69, 9.17) is 5.73 Å². The summed E-state index contributed by atoms with van der Waals surface area (Å²) in [5.74, 6) is -1.47. The fourth-order valence-electron chi connectivity index (χ4n) is 0.589. The van der Waals surface area contributed by atoms with Crippen LogP contribution in [0.4, 0.5) is 4.79 Å². The van der Waals surface area contributed by atoms with E-state index in [1.165, 1.54) is 0 Å². The summed E-state index contributed by atoms with van der Waals surface area (Å²) in [6.07, 6.45) is -0.245. The van der Waals surface area contributed by atoms with E-state index in [0.29, 0.717) is 0 Å². The van der Waals surface area contributed by atoms with Gasteiger partial charge in [0, 0.05) is 5.23 Å². The van der Waals surface area contributed by atoms with Gasteiger partial charge in [-0.15, -0.1) is 0 Å². The molecule has 0 saturated carbocycles. The number of rotatable bonds is 0. The van der Waals surface area contributed by atoms with Crippen molar-refractivity contribution in [3.8, 4) is 0 Å². The third-order valence-electron chi connectivity index (χ3n) is 1.08. The third-order valence-corrected chi connectivity index (χ3v) is 1.08. The molecule has 66 valence electrons. The quantitative estimate of drug-likeness (QED) is 0.511. The van der Waals surface area contributed by atoms with Crippen LogP contribution in [0.1, 0.15) is 12.8 Å². The van der Waals surface area contributed by atoms with Gasteiger partial charge in [-0.3, -0.25) is 0 Å². The number of carbonyl (C=O) groups is 3. The van der Waals surface area contributed by atoms with E-state index in [9.17, 15) is 14.4 Å². The van der Waals surface area contributed by atoms with Gasteiger partial charge >= 0.3 is 18.0 Å². The van der Waals surface area contributed by atoms with E-state index in [-0.39, 0.29) is 18.1 Å². The van der Waals surface area contributed by atoms with E-state index >= 15 is 0 Å². The average Bonchev–Trinajstić information content (AvgIpc) is 2.13. The zero-order valence-corrected chi connectivity index (χ0v) is 5.98. The topological polar surface area (TPSA) is 98.9 Å². The van der Waals surface area contributed by atoms with Crippen LogP contribution in [0.2, 0.25) is 0 Å². The van der Waals surface area contributed by atoms with Crippen LogP contribution in [0.5, 0.6) is 0 Å². The van der Waals surface area contributed by atoms with E-state index in [1.807, 2.05) is 0 Å². The maximum absolute atomic E-state index is 10.6. The van der Waals surface area contributed by atoms with Gasteiger partial charge in [-0.25, -0.2) is 14.4 Å². The highest BCUT2D eigenvalue weighted by atomic mass is 17.0. The summed E-state index contributed by atoms with van der Waals surface area (Å²) in [5, 5.41) is 0.0671. The molecule has 2 amide bonds. The van der Waals surface area contributed by atoms with Gasteiger partial charge in [-0.2, -0.15) is 0 Å². The molecule has 1 rings (SSSR count). The Kier molecular flexibility index (Phi) is 2.13. The molecule has 0 aromatic rings. The lowest BCUT2D eigenvalue weighted by Crippen LogP contribution is -2.37. The largest absolute Gasteiger partial charge is 0.386 e. The van der Waals surface area contributed by atoms with Crippen LogP contribution < -0.4 is 5.73 Å². The molecule has 1 aliphatic heterocycles. The Hall–Kier alpha value is -1.79. The van der Waals surface area contributed by atoms with Crippen molar-refractivity contribution in [2.24, 2.45) is 5.73 Å². The normalized spacial score (nSPS) is 17.8. The van der Waals surface area contributed by atoms with Gasteiger partial charge in [0.1, 0.15) is 0 Å². The molecule has 1 aliphatic rings. The van der Waals surface area contributed by atoms with Crippen LogP contribution >= 0.6 is 0 Å². The first kappa shape index (κ1) is 8.31. The number of nitrogens with two attached hydrogens (primary N) is 1. The van der Waals surface area contributed by atoms with Gasteiger partial charge in [0.05, 0.1) is 12.8 Å². The van der Waals surface area contributed by atoms with E-state index < -0.39 is 18.0 Å². The van der Waals surface area contributed by atoms with Crippen molar-refractivity contribution < 1.29 is 24.1 Å². The minimum absolute atomic E-state index is 0.0671. The summed E-state index contributed by atoms with van der Waals surface area (Å²) in [4.78, 5) is 40.1. The molecule has 0 unspecified atom stereocenters. The molecule has 1 saturated heterocycles. The fraction of sp³-hybridized carbons (Fsp3) is 0.400. The van der Waals surface area contributed by atoms with Crippen LogP contribution in [0.3, 0.4) is 0 Å². The average molecular weight is 174 g/mol. The van der Waals surface area contributed by atoms with E-state index in [1.54, 1.807) is 0 Å². The fourth-order valence-corrected chi connectivity index (χ4v) is 0.589. The zero-order valence-electron chi connectivity index (χ0n) is 5.98. The highest BCUT2D eigenvalue weighted by Crippen LogP contribution is 2.06. The highest BCUT2D eigenvalue weighted by Gasteiger charge is 2.25. The Morgan fingerprint density at radius 1 is 1.25 bits per heavy atom. The number of hydroxylamine groups is 2. The first-order chi connectivity index (χ1) is 5.59. The molecule has 7 nitrogen and oxygen atoms in total. The summed E-state index contributed by atoms with van der Waals surface area (Å²) >= 11 is 0. The predicted molar refractivity (Wildman–Crippen MR) is 32.8 cm³/mol. The lowest BCUT2D eigenvalue weighted by atomic mass is 10.3. The molecule has 0 atom stereocenters. The first-order valence-electron chi connectivity index (χ1n) is 3.11. The lowest BCUT2D eigenvalue weighted by Gasteiger charge is -2.12. The number of hydrogen-bond acceptors (Lipinski definition) is 5. The van der Waals surface area contributed by atoms with Gasteiger partial charge < -0.3 is 15.4 Å². The van der Waals surface area contributed by atoms with Gasteiger partial charge in [0.25, 0.3) is 0 Å². The zero-order chi connectivity index (χ0) is 9.14. The molecule has 12 heavy (non-hydrogen) atoms. The molecule has 0 aliphatic carbocycles. The number of urea groups is 1. The Balaban J connectivity index is 2.68. The number of nitrogens with zero attached hydrogens (tertiary/aromatic N) is 1. The van der Waals surface area contributed by atoms with Crippen molar-refractivity contribution in [2.75, 3.05) is 0 Å². The summed E-state index contributed by atoms with van der Waals surface area (Å²) < 4.78 is 0. The molecule has 0 spiro atoms. The van der Waals surface area contributed by atoms with Crippen LogP contribution in [-0.2, 0) is 19.3 Å². The molecular weight excluding hydrogens is 168 g/mol. The van der Waals surface area contributed by atoms with Gasteiger partial charge in [-0.05, 0) is 0 Å². The second-order valence-corrected chi connectivity index (χ2v) is 2.02. The van der Waals surface area contributed by atoms with Gasteiger partial charge in [-0.1, -0.05) is 0 Å². The molecule has 0 aromatic carbocycles. The summed E-state index contributed by atoms with van der Waals surface area (Å²) in [6, 6.07) is -1.15. The Labute approximate surface area is 66.9 Å². The van der Waals surface area contributed by atoms with Crippen molar-refractivity contribution in [1.82, 2.24) is 5.23 Å². The SMILES string of the molecule is NC(=O)N1OC(=O)CCC(=O)O1. The van der Waals surface area contributed by atoms with Crippen LogP contribution in [0, 0.1) is 0 Å². The Morgan fingerprint density at radius 2 is 1.67 bits per heavy atom. The van der Waals surface area contributed by atoms with Gasteiger partial charge in [0.2, 0.25) is 0 Å². The van der Waals surface area contributed by atoms with Crippen LogP contribution in [0.15, 0.2) is 0 Å². The van der Waals surface area contributed by atoms with Crippen molar-refractivity contribution >= 4 is 18.0 Å². The maximum atomic E-state index is 10.6. The second kappa shape index (κ2) is 3.07. The van der Waals surface area contributed by atoms with E-state index in [0.717, 1.165) is 0 Å². The van der Waals surface area contributed by atoms with Crippen molar-refractivity contribution in [2.45, 2.75) is 12.8 Å². The van der Waals surface area contributed by atoms with Crippen molar-refractivity contribution in [3.05, 3.63) is 0 Å². The summed E-state index contributed by atoms with van der Waals surface area (Å²) in [6.45, 7) is 0. The summed E-state index contributed by atoms with van der Waals surface area (Å²) in [7, 11) is 0. The standard InChI is InChI=1S/C5H6N2O5/c6-5(10)7-11-3(8)1-2-4(9)12-7/h1-2H2,(H2,6,10). The summed E-state index contributed by atoms with van der Waals surface area (Å²) in [5.41, 5.74) is 4.69. The number of carbonyl (C=O) groups excluding carboxylic acids is 3. The minimum atomic E-state index is -1.15. The highest BCUT2D eigenvalue weighted by molar-refractivity contribution is 5.82. The second-order valence-electron chi connectivity index (χ2n) is 2.02. The van der Waals surface area contributed by atoms with Crippen LogP contribution in [0.25, 0.3) is 0 Å². The smallest absolute Gasteiger partial charge is 0.346 e. The number of hydrogen-bond donors (Lipinski definition) is 1. The molecule has 1 fully saturated rings. The Bertz CT molecular complexity index is 220. The van der Waals surface area contributed by atoms with Crippen LogP contribution in [-0.4, -0.2) is 23.2 Å². The number of amides is 2. The first-order valence-corrected chi connectivity index (χ1v) is 3.11. The monoisotopic (exact) mass is 174 g/mol. The van der Waals surface area contributed by atoms with Gasteiger partial charge in [0.15, 0.2) is 0 Å². The molecule has 2 N–H and O–H groups in total. The molecular formula is C5H6N2O5. The number of primary amides is 1. The van der Waals surface area contributed by atoms with Crippen molar-refractivity contribution in [1.29, 1.82) is 0 Å². The third kappa shape index (κ3) is 1.84. The van der Waals surface area contributed by atoms with E-state index in [2.05, 4.69) is 9.68 Å². The molecule has 0 aromatic heterocycles. The minimum Gasteiger partial charge on any atom is -0.346 e. The maximum Gasteiger partial charge on any atom is 0.386 e. The predicted octanol–water partition coefficient (Wildman–Crippen LogP) is -0.923. The van der Waals surface area contributed by atoms with Crippen molar-refractivity contribution in [3.63, 3.8) is 0 Å². The Morgan fingerprint density at radius 3 is 2.00 bits per heavy atom.